The van der Waals surface area contributed by atoms with E-state index in [9.17, 15) is 0 Å². The number of nitrogens with two attached hydrogens (primary N) is 1. The minimum Gasteiger partial charge on any atom is -0.272 e. The van der Waals surface area contributed by atoms with Gasteiger partial charge in [-0.1, -0.05) is 36.4 Å². The summed E-state index contributed by atoms with van der Waals surface area (Å²) in [4.78, 5) is 0. The van der Waals surface area contributed by atoms with Gasteiger partial charge in [-0.15, -0.1) is 0 Å². The molecule has 3 rings (SSSR count). The first-order chi connectivity index (χ1) is 10.2. The lowest BCUT2D eigenvalue weighted by molar-refractivity contribution is 0.530. The smallest absolute Gasteiger partial charge is 0.0596 e. The second kappa shape index (κ2) is 5.68. The van der Waals surface area contributed by atoms with Crippen molar-refractivity contribution in [1.82, 2.24) is 15.2 Å². The molecule has 0 aliphatic carbocycles. The fraction of sp³-hybridized carbons (Fsp3) is 0.235. The standard InChI is InChI=1S/C17H20N4/c1-12-9-16(21(2)20-12)11-17(19-18)15-8-7-13-5-3-4-6-14(13)10-15/h3-10,17,19H,11,18H2,1-2H3. The predicted molar refractivity (Wildman–Crippen MR) is 85.7 cm³/mol. The highest BCUT2D eigenvalue weighted by atomic mass is 15.3. The van der Waals surface area contributed by atoms with E-state index < -0.39 is 0 Å². The van der Waals surface area contributed by atoms with Gasteiger partial charge < -0.3 is 0 Å². The van der Waals surface area contributed by atoms with Crippen LogP contribution in [-0.2, 0) is 13.5 Å². The van der Waals surface area contributed by atoms with Crippen molar-refractivity contribution < 1.29 is 0 Å². The van der Waals surface area contributed by atoms with Crippen LogP contribution in [-0.4, -0.2) is 9.78 Å². The molecule has 0 amide bonds. The van der Waals surface area contributed by atoms with Crippen LogP contribution in [0.3, 0.4) is 0 Å². The molecule has 3 N–H and O–H groups in total. The van der Waals surface area contributed by atoms with Gasteiger partial charge in [-0.3, -0.25) is 16.0 Å². The van der Waals surface area contributed by atoms with Crippen molar-refractivity contribution in [2.75, 3.05) is 0 Å². The minimum absolute atomic E-state index is 0.0735. The number of aromatic nitrogens is 2. The van der Waals surface area contributed by atoms with Gasteiger partial charge in [0.25, 0.3) is 0 Å². The Labute approximate surface area is 124 Å². The van der Waals surface area contributed by atoms with Crippen LogP contribution in [0.4, 0.5) is 0 Å². The van der Waals surface area contributed by atoms with Gasteiger partial charge in [-0.25, -0.2) is 0 Å². The fourth-order valence-electron chi connectivity index (χ4n) is 2.76. The Hall–Kier alpha value is -2.17. The molecule has 0 aliphatic heterocycles. The summed E-state index contributed by atoms with van der Waals surface area (Å²) < 4.78 is 1.92. The molecule has 0 spiro atoms. The third-order valence-electron chi connectivity index (χ3n) is 3.89. The monoisotopic (exact) mass is 280 g/mol. The molecule has 1 aromatic heterocycles. The average Bonchev–Trinajstić information content (AvgIpc) is 2.82. The SMILES string of the molecule is Cc1cc(CC(NN)c2ccc3ccccc3c2)n(C)n1. The lowest BCUT2D eigenvalue weighted by Gasteiger charge is -2.17. The van der Waals surface area contributed by atoms with Gasteiger partial charge in [0, 0.05) is 19.2 Å². The molecular weight excluding hydrogens is 260 g/mol. The molecule has 3 aromatic rings. The fourth-order valence-corrected chi connectivity index (χ4v) is 2.76. The number of nitrogens with one attached hydrogen (secondary N) is 1. The molecule has 1 atom stereocenters. The summed E-state index contributed by atoms with van der Waals surface area (Å²) in [5.74, 6) is 5.77. The molecule has 1 unspecified atom stereocenters. The number of benzene rings is 2. The highest BCUT2D eigenvalue weighted by molar-refractivity contribution is 5.83. The first-order valence-corrected chi connectivity index (χ1v) is 7.11. The van der Waals surface area contributed by atoms with E-state index >= 15 is 0 Å². The van der Waals surface area contributed by atoms with Gasteiger partial charge in [-0.05, 0) is 35.4 Å². The van der Waals surface area contributed by atoms with Crippen molar-refractivity contribution in [1.29, 1.82) is 0 Å². The van der Waals surface area contributed by atoms with Gasteiger partial charge in [0.1, 0.15) is 0 Å². The molecular formula is C17H20N4. The summed E-state index contributed by atoms with van der Waals surface area (Å²) in [5, 5.41) is 6.87. The van der Waals surface area contributed by atoms with Crippen LogP contribution in [0.2, 0.25) is 0 Å². The molecule has 0 saturated heterocycles. The van der Waals surface area contributed by atoms with Crippen LogP contribution in [0.15, 0.2) is 48.5 Å². The zero-order chi connectivity index (χ0) is 14.8. The van der Waals surface area contributed by atoms with E-state index in [1.165, 1.54) is 22.0 Å². The summed E-state index contributed by atoms with van der Waals surface area (Å²) in [6.45, 7) is 2.00. The van der Waals surface area contributed by atoms with Gasteiger partial charge in [-0.2, -0.15) is 5.10 Å². The van der Waals surface area contributed by atoms with Crippen molar-refractivity contribution in [3.8, 4) is 0 Å². The number of hydrogen-bond acceptors (Lipinski definition) is 3. The van der Waals surface area contributed by atoms with E-state index in [-0.39, 0.29) is 6.04 Å². The van der Waals surface area contributed by atoms with Crippen LogP contribution in [0, 0.1) is 6.92 Å². The number of fused-ring (bicyclic) bond motifs is 1. The van der Waals surface area contributed by atoms with E-state index in [1.807, 2.05) is 18.7 Å². The Morgan fingerprint density at radius 2 is 1.90 bits per heavy atom. The lowest BCUT2D eigenvalue weighted by atomic mass is 9.99. The summed E-state index contributed by atoms with van der Waals surface area (Å²) >= 11 is 0. The first kappa shape index (κ1) is 13.8. The maximum Gasteiger partial charge on any atom is 0.0596 e. The Kier molecular flexibility index (Phi) is 3.73. The van der Waals surface area contributed by atoms with E-state index in [0.29, 0.717) is 0 Å². The van der Waals surface area contributed by atoms with Crippen LogP contribution in [0.1, 0.15) is 23.0 Å². The molecule has 4 nitrogen and oxygen atoms in total. The molecule has 1 heterocycles. The topological polar surface area (TPSA) is 55.9 Å². The maximum absolute atomic E-state index is 5.77. The zero-order valence-electron chi connectivity index (χ0n) is 12.4. The Morgan fingerprint density at radius 1 is 1.14 bits per heavy atom. The molecule has 21 heavy (non-hydrogen) atoms. The van der Waals surface area contributed by atoms with Gasteiger partial charge in [0.05, 0.1) is 11.7 Å². The van der Waals surface area contributed by atoms with E-state index in [0.717, 1.165) is 12.1 Å². The summed E-state index contributed by atoms with van der Waals surface area (Å²) in [6.07, 6.45) is 0.812. The van der Waals surface area contributed by atoms with Crippen LogP contribution >= 0.6 is 0 Å². The largest absolute Gasteiger partial charge is 0.272 e. The molecule has 0 saturated carbocycles. The number of nitrogens with zero attached hydrogens (tertiary/aromatic N) is 2. The molecule has 0 radical (unpaired) electrons. The zero-order valence-corrected chi connectivity index (χ0v) is 12.4. The van der Waals surface area contributed by atoms with Gasteiger partial charge in [0.2, 0.25) is 0 Å². The molecule has 0 aliphatic rings. The van der Waals surface area contributed by atoms with E-state index in [2.05, 4.69) is 59.1 Å². The summed E-state index contributed by atoms with van der Waals surface area (Å²) in [7, 11) is 1.97. The minimum atomic E-state index is 0.0735. The van der Waals surface area contributed by atoms with E-state index in [1.54, 1.807) is 0 Å². The Bertz CT molecular complexity index is 760. The van der Waals surface area contributed by atoms with Gasteiger partial charge >= 0.3 is 0 Å². The highest BCUT2D eigenvalue weighted by Crippen LogP contribution is 2.23. The maximum atomic E-state index is 5.77. The van der Waals surface area contributed by atoms with Crippen molar-refractivity contribution >= 4 is 10.8 Å². The number of hydrogen-bond donors (Lipinski definition) is 2. The van der Waals surface area contributed by atoms with Crippen LogP contribution in [0.25, 0.3) is 10.8 Å². The highest BCUT2D eigenvalue weighted by Gasteiger charge is 2.14. The average molecular weight is 280 g/mol. The Balaban J connectivity index is 1.92. The van der Waals surface area contributed by atoms with Crippen molar-refractivity contribution in [2.24, 2.45) is 12.9 Å². The quantitative estimate of drug-likeness (QED) is 0.570. The van der Waals surface area contributed by atoms with Crippen molar-refractivity contribution in [3.63, 3.8) is 0 Å². The first-order valence-electron chi connectivity index (χ1n) is 7.11. The van der Waals surface area contributed by atoms with Crippen LogP contribution in [0.5, 0.6) is 0 Å². The normalized spacial score (nSPS) is 12.7. The third kappa shape index (κ3) is 2.82. The molecule has 108 valence electrons. The molecule has 4 heteroatoms. The third-order valence-corrected chi connectivity index (χ3v) is 3.89. The van der Waals surface area contributed by atoms with Crippen molar-refractivity contribution in [3.05, 3.63) is 65.5 Å². The van der Waals surface area contributed by atoms with E-state index in [4.69, 9.17) is 5.84 Å². The molecule has 0 fully saturated rings. The summed E-state index contributed by atoms with van der Waals surface area (Å²) in [5.41, 5.74) is 6.32. The number of hydrazine groups is 1. The Morgan fingerprint density at radius 3 is 2.57 bits per heavy atom. The number of rotatable bonds is 4. The van der Waals surface area contributed by atoms with Crippen LogP contribution < -0.4 is 11.3 Å². The molecule has 2 aromatic carbocycles. The molecule has 0 bridgehead atoms. The second-order valence-electron chi connectivity index (χ2n) is 5.43. The lowest BCUT2D eigenvalue weighted by Crippen LogP contribution is -2.30. The van der Waals surface area contributed by atoms with Gasteiger partial charge in [0.15, 0.2) is 0 Å². The summed E-state index contributed by atoms with van der Waals surface area (Å²) in [6, 6.07) is 17.0. The van der Waals surface area contributed by atoms with Crippen molar-refractivity contribution in [2.45, 2.75) is 19.4 Å². The predicted octanol–water partition coefficient (Wildman–Crippen LogP) is 2.63. The number of aryl methyl sites for hydroxylation is 2. The second-order valence-corrected chi connectivity index (χ2v) is 5.43.